The third kappa shape index (κ3) is 4.10. The van der Waals surface area contributed by atoms with E-state index in [1.165, 1.54) is 0 Å². The second kappa shape index (κ2) is 9.11. The summed E-state index contributed by atoms with van der Waals surface area (Å²) >= 11 is 0. The van der Waals surface area contributed by atoms with Crippen molar-refractivity contribution in [1.82, 2.24) is 34.4 Å². The standard InChI is InChI=1S/C19H23N7O.2ClH/c27-19(15-13-25-12-8-20-7-4-16(25)21-15)24-10-5-14(6-11-24)18-23-22-17-3-1-2-9-26(17)18;;/h1-3,9,13-14,20H,4-8,10-12H2;2*1H. The van der Waals surface area contributed by atoms with E-state index in [2.05, 4.69) is 29.5 Å². The van der Waals surface area contributed by atoms with E-state index < -0.39 is 0 Å². The summed E-state index contributed by atoms with van der Waals surface area (Å²) in [6.45, 7) is 4.18. The topological polar surface area (TPSA) is 80.3 Å². The van der Waals surface area contributed by atoms with Crippen molar-refractivity contribution in [2.75, 3.05) is 26.2 Å². The van der Waals surface area contributed by atoms with E-state index in [1.54, 1.807) is 0 Å². The van der Waals surface area contributed by atoms with Gasteiger partial charge in [0.15, 0.2) is 5.65 Å². The van der Waals surface area contributed by atoms with Gasteiger partial charge in [0.05, 0.1) is 0 Å². The quantitative estimate of drug-likeness (QED) is 0.662. The molecule has 1 amide bonds. The predicted octanol–water partition coefficient (Wildman–Crippen LogP) is 1.93. The molecule has 29 heavy (non-hydrogen) atoms. The molecule has 0 saturated carbocycles. The number of piperidine rings is 1. The Kier molecular flexibility index (Phi) is 6.77. The Morgan fingerprint density at radius 1 is 1.07 bits per heavy atom. The van der Waals surface area contributed by atoms with Crippen molar-refractivity contribution in [2.45, 2.75) is 31.7 Å². The van der Waals surface area contributed by atoms with Gasteiger partial charge < -0.3 is 14.8 Å². The number of imidazole rings is 1. The van der Waals surface area contributed by atoms with Crippen LogP contribution in [0.2, 0.25) is 0 Å². The molecule has 3 aromatic rings. The molecule has 0 aromatic carbocycles. The van der Waals surface area contributed by atoms with E-state index in [1.807, 2.05) is 35.5 Å². The number of hydrogen-bond acceptors (Lipinski definition) is 5. The van der Waals surface area contributed by atoms with E-state index in [-0.39, 0.29) is 30.7 Å². The maximum Gasteiger partial charge on any atom is 0.274 e. The number of fused-ring (bicyclic) bond motifs is 2. The highest BCUT2D eigenvalue weighted by Crippen LogP contribution is 2.27. The zero-order valence-electron chi connectivity index (χ0n) is 16.0. The van der Waals surface area contributed by atoms with E-state index >= 15 is 0 Å². The lowest BCUT2D eigenvalue weighted by Gasteiger charge is -2.30. The smallest absolute Gasteiger partial charge is 0.274 e. The van der Waals surface area contributed by atoms with Crippen molar-refractivity contribution < 1.29 is 4.79 Å². The van der Waals surface area contributed by atoms with Crippen LogP contribution in [0.5, 0.6) is 0 Å². The molecule has 0 aliphatic carbocycles. The monoisotopic (exact) mass is 437 g/mol. The van der Waals surface area contributed by atoms with Crippen molar-refractivity contribution in [3.63, 3.8) is 0 Å². The third-order valence-electron chi connectivity index (χ3n) is 5.62. The molecular formula is C19H25Cl2N7O. The van der Waals surface area contributed by atoms with Crippen LogP contribution in [-0.2, 0) is 13.0 Å². The van der Waals surface area contributed by atoms with Crippen LogP contribution in [-0.4, -0.2) is 61.1 Å². The summed E-state index contributed by atoms with van der Waals surface area (Å²) in [6.07, 6.45) is 6.60. The maximum atomic E-state index is 12.9. The number of aromatic nitrogens is 5. The average Bonchev–Trinajstić information content (AvgIpc) is 3.26. The molecule has 2 aliphatic heterocycles. The minimum absolute atomic E-state index is 0. The number of carbonyl (C=O) groups is 1. The van der Waals surface area contributed by atoms with Crippen molar-refractivity contribution in [3.8, 4) is 0 Å². The zero-order chi connectivity index (χ0) is 18.2. The van der Waals surface area contributed by atoms with Crippen LogP contribution in [0.25, 0.3) is 5.65 Å². The summed E-state index contributed by atoms with van der Waals surface area (Å²) in [4.78, 5) is 19.4. The Balaban J connectivity index is 0.00000120. The molecule has 1 saturated heterocycles. The van der Waals surface area contributed by atoms with Crippen LogP contribution >= 0.6 is 24.8 Å². The molecule has 5 heterocycles. The fraction of sp³-hybridized carbons (Fsp3) is 0.474. The fourth-order valence-corrected chi connectivity index (χ4v) is 4.12. The highest BCUT2D eigenvalue weighted by molar-refractivity contribution is 5.92. The molecule has 8 nitrogen and oxygen atoms in total. The van der Waals surface area contributed by atoms with Gasteiger partial charge in [-0.2, -0.15) is 0 Å². The van der Waals surface area contributed by atoms with Crippen molar-refractivity contribution >= 4 is 36.4 Å². The van der Waals surface area contributed by atoms with E-state index in [0.29, 0.717) is 11.6 Å². The largest absolute Gasteiger partial charge is 0.337 e. The summed E-state index contributed by atoms with van der Waals surface area (Å²) < 4.78 is 4.17. The maximum absolute atomic E-state index is 12.9. The number of halogens is 2. The SMILES string of the molecule is Cl.Cl.O=C(c1cn2c(n1)CCNCC2)N1CCC(c2nnc3ccccn23)CC1. The summed E-state index contributed by atoms with van der Waals surface area (Å²) in [5.41, 5.74) is 1.46. The van der Waals surface area contributed by atoms with Gasteiger partial charge in [-0.15, -0.1) is 35.0 Å². The lowest BCUT2D eigenvalue weighted by molar-refractivity contribution is 0.0705. The fourth-order valence-electron chi connectivity index (χ4n) is 4.12. The van der Waals surface area contributed by atoms with Gasteiger partial charge in [-0.1, -0.05) is 6.07 Å². The molecule has 0 bridgehead atoms. The van der Waals surface area contributed by atoms with Crippen LogP contribution in [0.4, 0.5) is 0 Å². The Hall–Kier alpha value is -2.16. The normalized spacial score (nSPS) is 17.2. The summed E-state index contributed by atoms with van der Waals surface area (Å²) in [5.74, 6) is 2.39. The second-order valence-electron chi connectivity index (χ2n) is 7.29. The minimum atomic E-state index is 0. The number of nitrogens with one attached hydrogen (secondary N) is 1. The van der Waals surface area contributed by atoms with Gasteiger partial charge in [0.25, 0.3) is 5.91 Å². The molecule has 2 aliphatic rings. The molecule has 3 aromatic heterocycles. The first kappa shape index (κ1) is 21.5. The first-order chi connectivity index (χ1) is 13.3. The lowest BCUT2D eigenvalue weighted by atomic mass is 9.96. The Morgan fingerprint density at radius 3 is 2.72 bits per heavy atom. The number of carbonyl (C=O) groups excluding carboxylic acids is 1. The van der Waals surface area contributed by atoms with Gasteiger partial charge in [-0.05, 0) is 25.0 Å². The van der Waals surface area contributed by atoms with Gasteiger partial charge in [0, 0.05) is 57.5 Å². The van der Waals surface area contributed by atoms with Gasteiger partial charge in [-0.3, -0.25) is 9.20 Å². The third-order valence-corrected chi connectivity index (χ3v) is 5.62. The van der Waals surface area contributed by atoms with Gasteiger partial charge in [0.1, 0.15) is 17.3 Å². The highest BCUT2D eigenvalue weighted by Gasteiger charge is 2.28. The summed E-state index contributed by atoms with van der Waals surface area (Å²) in [5, 5.41) is 12.0. The number of rotatable bonds is 2. The van der Waals surface area contributed by atoms with Crippen LogP contribution in [0.3, 0.4) is 0 Å². The average molecular weight is 438 g/mol. The van der Waals surface area contributed by atoms with Crippen LogP contribution in [0.15, 0.2) is 30.6 Å². The van der Waals surface area contributed by atoms with E-state index in [9.17, 15) is 4.79 Å². The second-order valence-corrected chi connectivity index (χ2v) is 7.29. The Labute approximate surface area is 181 Å². The molecule has 0 spiro atoms. The molecule has 156 valence electrons. The molecule has 10 heteroatoms. The highest BCUT2D eigenvalue weighted by atomic mass is 35.5. The van der Waals surface area contributed by atoms with Crippen molar-refractivity contribution in [3.05, 3.63) is 47.9 Å². The van der Waals surface area contributed by atoms with Crippen LogP contribution in [0.1, 0.15) is 40.9 Å². The van der Waals surface area contributed by atoms with Crippen molar-refractivity contribution in [2.24, 2.45) is 0 Å². The molecule has 5 rings (SSSR count). The summed E-state index contributed by atoms with van der Waals surface area (Å²) in [7, 11) is 0. The summed E-state index contributed by atoms with van der Waals surface area (Å²) in [6, 6.07) is 5.93. The molecule has 0 radical (unpaired) electrons. The molecule has 1 fully saturated rings. The molecule has 0 unspecified atom stereocenters. The molecular weight excluding hydrogens is 413 g/mol. The minimum Gasteiger partial charge on any atom is -0.337 e. The van der Waals surface area contributed by atoms with Crippen LogP contribution < -0.4 is 5.32 Å². The number of pyridine rings is 1. The Bertz CT molecular complexity index is 955. The number of likely N-dealkylation sites (tertiary alicyclic amines) is 1. The first-order valence-corrected chi connectivity index (χ1v) is 9.65. The Morgan fingerprint density at radius 2 is 1.90 bits per heavy atom. The van der Waals surface area contributed by atoms with Crippen LogP contribution in [0, 0.1) is 0 Å². The van der Waals surface area contributed by atoms with Gasteiger partial charge in [0.2, 0.25) is 0 Å². The van der Waals surface area contributed by atoms with E-state index in [4.69, 9.17) is 0 Å². The number of hydrogen-bond donors (Lipinski definition) is 1. The molecule has 1 N–H and O–H groups in total. The number of amides is 1. The predicted molar refractivity (Wildman–Crippen MR) is 114 cm³/mol. The lowest BCUT2D eigenvalue weighted by Crippen LogP contribution is -2.38. The van der Waals surface area contributed by atoms with Crippen molar-refractivity contribution in [1.29, 1.82) is 0 Å². The van der Waals surface area contributed by atoms with E-state index in [0.717, 1.165) is 69.3 Å². The zero-order valence-corrected chi connectivity index (χ0v) is 17.7. The first-order valence-electron chi connectivity index (χ1n) is 9.65. The van der Waals surface area contributed by atoms with Gasteiger partial charge in [-0.25, -0.2) is 4.98 Å². The number of nitrogens with zero attached hydrogens (tertiary/aromatic N) is 6. The van der Waals surface area contributed by atoms with Gasteiger partial charge >= 0.3 is 0 Å². The molecule has 0 atom stereocenters.